The molecule has 17 nitrogen and oxygen atoms in total. The zero-order valence-electron chi connectivity index (χ0n) is 42.7. The zero-order chi connectivity index (χ0) is 51.3. The van der Waals surface area contributed by atoms with Gasteiger partial charge in [-0.2, -0.15) is 0 Å². The molecule has 1 aliphatic carbocycles. The predicted molar refractivity (Wildman–Crippen MR) is 281 cm³/mol. The van der Waals surface area contributed by atoms with E-state index in [-0.39, 0.29) is 37.2 Å². The minimum atomic E-state index is -3.93. The Kier molecular flexibility index (Phi) is 16.6. The van der Waals surface area contributed by atoms with E-state index in [0.717, 1.165) is 60.7 Å². The molecule has 4 amide bonds. The molecular weight excluding hydrogens is 955 g/mol. The Labute approximate surface area is 428 Å². The number of piperazine rings is 1. The van der Waals surface area contributed by atoms with Gasteiger partial charge < -0.3 is 34.8 Å². The smallest absolute Gasteiger partial charge is 0.254 e. The highest BCUT2D eigenvalue weighted by Crippen LogP contribution is 2.42. The first-order valence-corrected chi connectivity index (χ1v) is 27.7. The summed E-state index contributed by atoms with van der Waals surface area (Å²) in [6.07, 6.45) is 7.19. The van der Waals surface area contributed by atoms with Gasteiger partial charge in [0.25, 0.3) is 5.91 Å². The van der Waals surface area contributed by atoms with E-state index in [2.05, 4.69) is 53.1 Å². The number of fused-ring (bicyclic) bond motifs is 2. The Bertz CT molecular complexity index is 2770. The highest BCUT2D eigenvalue weighted by atomic mass is 32.2. The molecule has 2 aromatic carbocycles. The van der Waals surface area contributed by atoms with E-state index in [1.165, 1.54) is 11.3 Å². The highest BCUT2D eigenvalue weighted by molar-refractivity contribution is 7.91. The lowest BCUT2D eigenvalue weighted by atomic mass is 10.0. The van der Waals surface area contributed by atoms with E-state index < -0.39 is 50.7 Å². The van der Waals surface area contributed by atoms with Crippen molar-refractivity contribution >= 4 is 61.6 Å². The third-order valence-corrected chi connectivity index (χ3v) is 17.6. The predicted octanol–water partition coefficient (Wildman–Crippen LogP) is 6.20. The Morgan fingerprint density at radius 1 is 1.01 bits per heavy atom. The van der Waals surface area contributed by atoms with Crippen molar-refractivity contribution in [1.82, 2.24) is 39.6 Å². The Morgan fingerprint density at radius 2 is 1.79 bits per heavy atom. The topological polar surface area (TPSA) is 196 Å². The number of hydrogen-bond donors (Lipinski definition) is 3. The Balaban J connectivity index is 1.08. The van der Waals surface area contributed by atoms with Gasteiger partial charge in [-0.1, -0.05) is 44.9 Å². The van der Waals surface area contributed by atoms with Gasteiger partial charge in [-0.15, -0.1) is 11.3 Å². The monoisotopic (exact) mass is 1030 g/mol. The molecule has 3 aliphatic heterocycles. The number of anilines is 1. The lowest BCUT2D eigenvalue weighted by Crippen LogP contribution is -2.52. The van der Waals surface area contributed by atoms with Crippen LogP contribution in [0.25, 0.3) is 21.6 Å². The third kappa shape index (κ3) is 12.2. The van der Waals surface area contributed by atoms with Crippen LogP contribution in [0.15, 0.2) is 60.0 Å². The van der Waals surface area contributed by atoms with Crippen molar-refractivity contribution in [2.45, 2.75) is 108 Å². The van der Waals surface area contributed by atoms with Gasteiger partial charge in [-0.25, -0.2) is 18.4 Å². The zero-order valence-corrected chi connectivity index (χ0v) is 44.4. The van der Waals surface area contributed by atoms with Crippen LogP contribution in [-0.4, -0.2) is 158 Å². The number of pyridine rings is 1. The van der Waals surface area contributed by atoms with Crippen LogP contribution in [-0.2, 0) is 24.4 Å². The highest BCUT2D eigenvalue weighted by Gasteiger charge is 2.51. The van der Waals surface area contributed by atoms with Crippen molar-refractivity contribution in [3.8, 4) is 22.2 Å². The minimum Gasteiger partial charge on any atom is -0.496 e. The molecule has 388 valence electrons. The first kappa shape index (κ1) is 52.7. The van der Waals surface area contributed by atoms with Crippen LogP contribution in [0.5, 0.6) is 11.5 Å². The summed E-state index contributed by atoms with van der Waals surface area (Å²) in [7, 11) is 1.80. The number of amides is 4. The number of likely N-dealkylation sites (N-methyl/N-ethyl adjacent to an activating group) is 1. The van der Waals surface area contributed by atoms with Crippen molar-refractivity contribution in [3.63, 3.8) is 0 Å². The van der Waals surface area contributed by atoms with Gasteiger partial charge >= 0.3 is 0 Å². The molecule has 0 bridgehead atoms. The number of sulfonamides is 1. The second-order valence-electron chi connectivity index (χ2n) is 20.6. The third-order valence-electron chi connectivity index (χ3n) is 14.5. The maximum absolute atomic E-state index is 15.2. The SMILES string of the molecule is COc1ccc2c(O[C@@H]3C[C@H]4C(=O)NC[C@H](C(=O)NS(=O)(=O)C5(C)CC5)/C=C\CCCCC[C@H](Nc5cccc(C(=O)N6CCN(CCN(C)C)CC6)c5)C(=O)N4C3)cc(-c3nc(C(C)C)cs3)nc2c1C. The van der Waals surface area contributed by atoms with Crippen molar-refractivity contribution < 1.29 is 37.1 Å². The number of carbonyl (C=O) groups excluding carboxylic acids is 4. The van der Waals surface area contributed by atoms with Gasteiger partial charge in [0.05, 0.1) is 35.5 Å². The normalized spacial score (nSPS) is 22.7. The summed E-state index contributed by atoms with van der Waals surface area (Å²) < 4.78 is 40.2. The lowest BCUT2D eigenvalue weighted by Gasteiger charge is -2.35. The number of nitrogens with one attached hydrogen (secondary N) is 3. The molecule has 4 aliphatic rings. The first-order valence-electron chi connectivity index (χ1n) is 25.4. The molecule has 19 heteroatoms. The maximum atomic E-state index is 15.2. The fraction of sp³-hybridized carbons (Fsp3) is 0.547. The molecule has 3 N–H and O–H groups in total. The number of ether oxygens (including phenoxy) is 2. The quantitative estimate of drug-likeness (QED) is 0.121. The molecule has 5 heterocycles. The second kappa shape index (κ2) is 22.6. The molecule has 2 aromatic heterocycles. The van der Waals surface area contributed by atoms with Crippen LogP contribution in [0, 0.1) is 12.8 Å². The number of methoxy groups -OCH3 is 1. The summed E-state index contributed by atoms with van der Waals surface area (Å²) in [5.41, 5.74) is 4.21. The van der Waals surface area contributed by atoms with Crippen molar-refractivity contribution in [2.24, 2.45) is 5.92 Å². The molecule has 0 spiro atoms. The number of hydrogen-bond acceptors (Lipinski definition) is 14. The van der Waals surface area contributed by atoms with E-state index in [4.69, 9.17) is 19.4 Å². The van der Waals surface area contributed by atoms with E-state index in [1.807, 2.05) is 53.6 Å². The summed E-state index contributed by atoms with van der Waals surface area (Å²) in [4.78, 5) is 75.3. The van der Waals surface area contributed by atoms with Crippen molar-refractivity contribution in [3.05, 3.63) is 76.8 Å². The van der Waals surface area contributed by atoms with Gasteiger partial charge in [0.1, 0.15) is 40.4 Å². The molecule has 8 rings (SSSR count). The Morgan fingerprint density at radius 3 is 2.50 bits per heavy atom. The molecular formula is C53H71N9O8S2. The van der Waals surface area contributed by atoms with Crippen molar-refractivity contribution in [2.75, 3.05) is 78.9 Å². The van der Waals surface area contributed by atoms with E-state index in [1.54, 1.807) is 37.1 Å². The fourth-order valence-corrected chi connectivity index (χ4v) is 11.8. The number of aryl methyl sites for hydroxylation is 1. The molecule has 0 unspecified atom stereocenters. The van der Waals surface area contributed by atoms with Gasteiger partial charge in [-0.05, 0) is 96.3 Å². The van der Waals surface area contributed by atoms with E-state index in [9.17, 15) is 22.8 Å². The standard InChI is InChI=1S/C53H71N9O8S2/c1-34(2)43-33-71-50(57-43)42-30-46(40-18-19-45(69-7)35(3)47(40)56-42)70-39-29-44-49(64)54-31-37(48(63)58-72(67,68)53(4)20-21-53)14-11-9-8-10-12-17-41(52(66)62(44)32-39)55-38-16-13-15-36(28-38)51(65)61-26-24-60(25-27-61)23-22-59(5)6/h11,13-16,18-19,28,30,33-34,37,39,41,44,55H,8-10,12,17,20-27,29,31-32H2,1-7H3,(H,54,64)(H,58,63)/b14-11-/t37-,39-,41+,44+/m1/s1. The molecule has 2 saturated heterocycles. The molecule has 4 aromatic rings. The number of allylic oxidation sites excluding steroid dienone is 1. The lowest BCUT2D eigenvalue weighted by molar-refractivity contribution is -0.139. The number of benzene rings is 2. The van der Waals surface area contributed by atoms with Crippen LogP contribution >= 0.6 is 11.3 Å². The van der Waals surface area contributed by atoms with Crippen LogP contribution in [0.3, 0.4) is 0 Å². The largest absolute Gasteiger partial charge is 0.496 e. The fourth-order valence-electron chi connectivity index (χ4n) is 9.53. The molecule has 72 heavy (non-hydrogen) atoms. The summed E-state index contributed by atoms with van der Waals surface area (Å²) in [6, 6.07) is 11.1. The van der Waals surface area contributed by atoms with E-state index in [0.29, 0.717) is 79.2 Å². The van der Waals surface area contributed by atoms with Crippen LogP contribution < -0.4 is 24.8 Å². The number of aromatic nitrogens is 2. The summed E-state index contributed by atoms with van der Waals surface area (Å²) in [5, 5.41) is 9.90. The number of carbonyl (C=O) groups is 4. The van der Waals surface area contributed by atoms with E-state index >= 15 is 4.79 Å². The van der Waals surface area contributed by atoms with Crippen molar-refractivity contribution in [1.29, 1.82) is 0 Å². The summed E-state index contributed by atoms with van der Waals surface area (Å²) in [5.74, 6) is -1.16. The maximum Gasteiger partial charge on any atom is 0.254 e. The van der Waals surface area contributed by atoms with Crippen LogP contribution in [0.4, 0.5) is 5.69 Å². The average Bonchev–Trinajstić information content (AvgIpc) is 3.71. The second-order valence-corrected chi connectivity index (χ2v) is 23.6. The molecule has 4 atom stereocenters. The molecule has 1 saturated carbocycles. The molecule has 0 radical (unpaired) electrons. The number of nitrogens with zero attached hydrogens (tertiary/aromatic N) is 6. The van der Waals surface area contributed by atoms with Gasteiger partial charge in [0.15, 0.2) is 0 Å². The Hall–Kier alpha value is -5.63. The summed E-state index contributed by atoms with van der Waals surface area (Å²) >= 11 is 1.50. The van der Waals surface area contributed by atoms with Crippen LogP contribution in [0.1, 0.15) is 99.7 Å². The first-order chi connectivity index (χ1) is 34.4. The van der Waals surface area contributed by atoms with Gasteiger partial charge in [0, 0.05) is 85.9 Å². The van der Waals surface area contributed by atoms with Gasteiger partial charge in [0.2, 0.25) is 27.7 Å². The van der Waals surface area contributed by atoms with Crippen LogP contribution in [0.2, 0.25) is 0 Å². The minimum absolute atomic E-state index is 0.0643. The molecule has 3 fully saturated rings. The number of rotatable bonds is 14. The van der Waals surface area contributed by atoms with Gasteiger partial charge in [-0.3, -0.25) is 28.8 Å². The summed E-state index contributed by atoms with van der Waals surface area (Å²) in [6.45, 7) is 12.4. The number of thiazole rings is 1. The average molecular weight is 1030 g/mol.